The Morgan fingerprint density at radius 3 is 2.88 bits per heavy atom. The first-order chi connectivity index (χ1) is 8.25. The maximum Gasteiger partial charge on any atom is 0.238 e. The van der Waals surface area contributed by atoms with Gasteiger partial charge in [-0.25, -0.2) is 4.98 Å². The minimum absolute atomic E-state index is 0.0151. The second-order valence-corrected chi connectivity index (χ2v) is 4.92. The van der Waals surface area contributed by atoms with Crippen molar-refractivity contribution in [3.05, 3.63) is 53.4 Å². The zero-order valence-corrected chi connectivity index (χ0v) is 10.1. The van der Waals surface area contributed by atoms with Crippen molar-refractivity contribution in [1.29, 1.82) is 0 Å². The number of hydrogen-bond donors (Lipinski definition) is 0. The molecule has 0 saturated heterocycles. The van der Waals surface area contributed by atoms with E-state index in [-0.39, 0.29) is 5.78 Å². The number of benzene rings is 1. The molecule has 0 fully saturated rings. The van der Waals surface area contributed by atoms with Gasteiger partial charge in [-0.05, 0) is 17.5 Å². The number of imidazole rings is 1. The second kappa shape index (κ2) is 3.82. The molecule has 2 aromatic heterocycles. The van der Waals surface area contributed by atoms with Gasteiger partial charge in [-0.1, -0.05) is 18.2 Å². The van der Waals surface area contributed by atoms with Crippen molar-refractivity contribution < 1.29 is 4.79 Å². The van der Waals surface area contributed by atoms with Crippen LogP contribution in [-0.4, -0.2) is 15.3 Å². The predicted molar refractivity (Wildman–Crippen MR) is 68.5 cm³/mol. The lowest BCUT2D eigenvalue weighted by atomic mass is 10.2. The largest absolute Gasteiger partial charge is 0.331 e. The highest BCUT2D eigenvalue weighted by Crippen LogP contribution is 2.26. The summed E-state index contributed by atoms with van der Waals surface area (Å²) >= 11 is 1.51. The van der Waals surface area contributed by atoms with Crippen molar-refractivity contribution in [3.8, 4) is 0 Å². The fourth-order valence-corrected chi connectivity index (χ4v) is 2.79. The molecule has 0 N–H and O–H groups in total. The first kappa shape index (κ1) is 10.2. The van der Waals surface area contributed by atoms with Gasteiger partial charge in [-0.15, -0.1) is 11.3 Å². The number of carbonyl (C=O) groups excluding carboxylic acids is 1. The van der Waals surface area contributed by atoms with E-state index < -0.39 is 0 Å². The third-order valence-electron chi connectivity index (χ3n) is 2.67. The van der Waals surface area contributed by atoms with Crippen LogP contribution in [0.5, 0.6) is 0 Å². The number of aryl methyl sites for hydroxylation is 1. The molecule has 3 rings (SSSR count). The minimum Gasteiger partial charge on any atom is -0.331 e. The summed E-state index contributed by atoms with van der Waals surface area (Å²) in [5.74, 6) is 0.468. The maximum atomic E-state index is 12.2. The van der Waals surface area contributed by atoms with Crippen LogP contribution in [0, 0.1) is 0 Å². The van der Waals surface area contributed by atoms with Crippen LogP contribution < -0.4 is 0 Å². The number of carbonyl (C=O) groups is 1. The Labute approximate surface area is 102 Å². The molecule has 1 aromatic carbocycles. The predicted octanol–water partition coefficient (Wildman–Crippen LogP) is 2.87. The van der Waals surface area contributed by atoms with Gasteiger partial charge in [0, 0.05) is 24.1 Å². The number of rotatable bonds is 2. The van der Waals surface area contributed by atoms with E-state index in [1.54, 1.807) is 17.0 Å². The van der Waals surface area contributed by atoms with E-state index in [1.165, 1.54) is 11.3 Å². The lowest BCUT2D eigenvalue weighted by Crippen LogP contribution is -2.06. The van der Waals surface area contributed by atoms with E-state index in [0.29, 0.717) is 5.82 Å². The Morgan fingerprint density at radius 1 is 1.35 bits per heavy atom. The molecule has 3 nitrogen and oxygen atoms in total. The summed E-state index contributed by atoms with van der Waals surface area (Å²) in [7, 11) is 1.83. The lowest BCUT2D eigenvalue weighted by Gasteiger charge is -1.97. The van der Waals surface area contributed by atoms with E-state index in [4.69, 9.17) is 0 Å². The van der Waals surface area contributed by atoms with E-state index in [9.17, 15) is 4.79 Å². The first-order valence-electron chi connectivity index (χ1n) is 5.26. The van der Waals surface area contributed by atoms with Crippen molar-refractivity contribution in [2.75, 3.05) is 0 Å². The highest BCUT2D eigenvalue weighted by molar-refractivity contribution is 7.21. The molecule has 2 heterocycles. The Balaban J connectivity index is 2.10. The Kier molecular flexibility index (Phi) is 2.30. The average molecular weight is 242 g/mol. The van der Waals surface area contributed by atoms with Gasteiger partial charge < -0.3 is 4.57 Å². The van der Waals surface area contributed by atoms with Crippen molar-refractivity contribution in [3.63, 3.8) is 0 Å². The fraction of sp³-hybridized carbons (Fsp3) is 0.0769. The first-order valence-corrected chi connectivity index (χ1v) is 6.08. The van der Waals surface area contributed by atoms with Gasteiger partial charge in [-0.3, -0.25) is 4.79 Å². The highest BCUT2D eigenvalue weighted by Gasteiger charge is 2.16. The Bertz CT molecular complexity index is 663. The lowest BCUT2D eigenvalue weighted by molar-refractivity contribution is 0.103. The van der Waals surface area contributed by atoms with Crippen LogP contribution in [0.2, 0.25) is 0 Å². The van der Waals surface area contributed by atoms with E-state index in [1.807, 2.05) is 37.4 Å². The number of ketones is 1. The molecular formula is C13H10N2OS. The molecule has 0 amide bonds. The molecule has 0 radical (unpaired) electrons. The normalized spacial score (nSPS) is 10.9. The Morgan fingerprint density at radius 2 is 2.18 bits per heavy atom. The van der Waals surface area contributed by atoms with Gasteiger partial charge in [0.1, 0.15) is 0 Å². The third kappa shape index (κ3) is 1.66. The molecule has 0 bridgehead atoms. The third-order valence-corrected chi connectivity index (χ3v) is 3.79. The molecule has 4 heteroatoms. The van der Waals surface area contributed by atoms with Crippen LogP contribution in [0.3, 0.4) is 0 Å². The second-order valence-electron chi connectivity index (χ2n) is 3.84. The van der Waals surface area contributed by atoms with Crippen molar-refractivity contribution in [1.82, 2.24) is 9.55 Å². The molecule has 0 aliphatic carbocycles. The number of nitrogens with zero attached hydrogens (tertiary/aromatic N) is 2. The molecule has 0 atom stereocenters. The summed E-state index contributed by atoms with van der Waals surface area (Å²) in [6.07, 6.45) is 3.42. The molecular weight excluding hydrogens is 232 g/mol. The molecule has 0 spiro atoms. The van der Waals surface area contributed by atoms with Crippen LogP contribution in [0.4, 0.5) is 0 Å². The van der Waals surface area contributed by atoms with Gasteiger partial charge in [0.15, 0.2) is 5.82 Å². The maximum absolute atomic E-state index is 12.2. The minimum atomic E-state index is -0.0151. The SMILES string of the molecule is Cn1ccnc1C(=O)c1cc2ccccc2s1. The summed E-state index contributed by atoms with van der Waals surface area (Å²) in [4.78, 5) is 17.0. The van der Waals surface area contributed by atoms with Crippen LogP contribution >= 0.6 is 11.3 Å². The van der Waals surface area contributed by atoms with Crippen LogP contribution in [0.1, 0.15) is 15.5 Å². The average Bonchev–Trinajstić information content (AvgIpc) is 2.93. The topological polar surface area (TPSA) is 34.9 Å². The standard InChI is InChI=1S/C13H10N2OS/c1-15-7-6-14-13(15)12(16)11-8-9-4-2-3-5-10(9)17-11/h2-8H,1H3. The van der Waals surface area contributed by atoms with E-state index in [0.717, 1.165) is 15.0 Å². The molecule has 0 unspecified atom stereocenters. The van der Waals surface area contributed by atoms with Crippen molar-refractivity contribution in [2.24, 2.45) is 7.05 Å². The van der Waals surface area contributed by atoms with Gasteiger partial charge in [-0.2, -0.15) is 0 Å². The molecule has 84 valence electrons. The van der Waals surface area contributed by atoms with Crippen molar-refractivity contribution in [2.45, 2.75) is 0 Å². The van der Waals surface area contributed by atoms with Gasteiger partial charge in [0.2, 0.25) is 5.78 Å². The van der Waals surface area contributed by atoms with E-state index in [2.05, 4.69) is 4.98 Å². The summed E-state index contributed by atoms with van der Waals surface area (Å²) in [5, 5.41) is 1.11. The number of fused-ring (bicyclic) bond motifs is 1. The van der Waals surface area contributed by atoms with Crippen LogP contribution in [0.15, 0.2) is 42.7 Å². The molecule has 17 heavy (non-hydrogen) atoms. The summed E-state index contributed by atoms with van der Waals surface area (Å²) in [5.41, 5.74) is 0. The zero-order valence-electron chi connectivity index (χ0n) is 9.25. The highest BCUT2D eigenvalue weighted by atomic mass is 32.1. The number of hydrogen-bond acceptors (Lipinski definition) is 3. The van der Waals surface area contributed by atoms with Gasteiger partial charge in [0.05, 0.1) is 4.88 Å². The summed E-state index contributed by atoms with van der Waals surface area (Å²) in [6.45, 7) is 0. The molecule has 0 saturated carbocycles. The number of aromatic nitrogens is 2. The fourth-order valence-electron chi connectivity index (χ4n) is 1.79. The summed E-state index contributed by atoms with van der Waals surface area (Å²) in [6, 6.07) is 9.92. The molecule has 0 aliphatic rings. The van der Waals surface area contributed by atoms with Gasteiger partial charge >= 0.3 is 0 Å². The monoisotopic (exact) mass is 242 g/mol. The van der Waals surface area contributed by atoms with Crippen molar-refractivity contribution >= 4 is 27.2 Å². The van der Waals surface area contributed by atoms with E-state index >= 15 is 0 Å². The number of thiophene rings is 1. The van der Waals surface area contributed by atoms with Crippen LogP contribution in [0.25, 0.3) is 10.1 Å². The molecule has 0 aliphatic heterocycles. The summed E-state index contributed by atoms with van der Waals surface area (Å²) < 4.78 is 2.87. The van der Waals surface area contributed by atoms with Crippen LogP contribution in [-0.2, 0) is 7.05 Å². The smallest absolute Gasteiger partial charge is 0.238 e. The quantitative estimate of drug-likeness (QED) is 0.648. The Hall–Kier alpha value is -1.94. The van der Waals surface area contributed by atoms with Gasteiger partial charge in [0.25, 0.3) is 0 Å². The molecule has 3 aromatic rings. The zero-order chi connectivity index (χ0) is 11.8.